The summed E-state index contributed by atoms with van der Waals surface area (Å²) in [5.74, 6) is -6.94. The minimum absolute atomic E-state index is 0.0884. The molecule has 0 spiro atoms. The van der Waals surface area contributed by atoms with Crippen molar-refractivity contribution in [1.29, 1.82) is 0 Å². The number of carboxylic acids is 3. The Hall–Kier alpha value is -3.26. The Bertz CT molecular complexity index is 744. The standard InChI is InChI=1S/C20H35N5O9/c1-10(2)16(25-17(30)11(22)6-7-14(26)27)19(32)23-12(5-3-4-8-21)18(31)24-13(20(33)34)9-15(28)29/h10-13,16H,3-9,21-22H2,1-2H3,(H,23,32)(H,24,31)(H,25,30)(H,26,27)(H,28,29)(H,33,34). The third kappa shape index (κ3) is 12.1. The van der Waals surface area contributed by atoms with Gasteiger partial charge in [0.25, 0.3) is 0 Å². The summed E-state index contributed by atoms with van der Waals surface area (Å²) >= 11 is 0. The molecule has 10 N–H and O–H groups in total. The molecule has 3 amide bonds. The van der Waals surface area contributed by atoms with Crippen molar-refractivity contribution >= 4 is 35.6 Å². The summed E-state index contributed by atoms with van der Waals surface area (Å²) < 4.78 is 0. The number of carbonyl (C=O) groups excluding carboxylic acids is 3. The molecule has 0 aliphatic heterocycles. The average molecular weight is 490 g/mol. The third-order valence-corrected chi connectivity index (χ3v) is 4.83. The van der Waals surface area contributed by atoms with Crippen molar-refractivity contribution in [3.05, 3.63) is 0 Å². The summed E-state index contributed by atoms with van der Waals surface area (Å²) in [5.41, 5.74) is 11.1. The van der Waals surface area contributed by atoms with Gasteiger partial charge in [0.15, 0.2) is 0 Å². The van der Waals surface area contributed by atoms with Crippen molar-refractivity contribution in [3.8, 4) is 0 Å². The molecule has 14 heteroatoms. The topological polar surface area (TPSA) is 251 Å². The molecule has 0 bridgehead atoms. The lowest BCUT2D eigenvalue weighted by atomic mass is 10.0. The summed E-state index contributed by atoms with van der Waals surface area (Å²) in [6.45, 7) is 3.58. The van der Waals surface area contributed by atoms with Crippen LogP contribution in [0.5, 0.6) is 0 Å². The van der Waals surface area contributed by atoms with E-state index in [0.29, 0.717) is 19.4 Å². The Morgan fingerprint density at radius 3 is 1.82 bits per heavy atom. The first-order valence-electron chi connectivity index (χ1n) is 10.8. The van der Waals surface area contributed by atoms with Crippen molar-refractivity contribution in [2.75, 3.05) is 6.54 Å². The highest BCUT2D eigenvalue weighted by Gasteiger charge is 2.32. The van der Waals surface area contributed by atoms with Crippen LogP contribution in [0.2, 0.25) is 0 Å². The van der Waals surface area contributed by atoms with Gasteiger partial charge in [0.05, 0.1) is 12.5 Å². The monoisotopic (exact) mass is 489 g/mol. The fraction of sp³-hybridized carbons (Fsp3) is 0.700. The number of rotatable bonds is 17. The van der Waals surface area contributed by atoms with E-state index >= 15 is 0 Å². The van der Waals surface area contributed by atoms with Crippen LogP contribution >= 0.6 is 0 Å². The van der Waals surface area contributed by atoms with Crippen molar-refractivity contribution in [3.63, 3.8) is 0 Å². The van der Waals surface area contributed by atoms with Gasteiger partial charge in [-0.3, -0.25) is 24.0 Å². The van der Waals surface area contributed by atoms with Gasteiger partial charge in [0, 0.05) is 6.42 Å². The minimum atomic E-state index is -1.70. The van der Waals surface area contributed by atoms with Gasteiger partial charge in [0.1, 0.15) is 18.1 Å². The van der Waals surface area contributed by atoms with E-state index < -0.39 is 72.1 Å². The van der Waals surface area contributed by atoms with E-state index in [1.165, 1.54) is 0 Å². The average Bonchev–Trinajstić information content (AvgIpc) is 2.73. The molecule has 0 radical (unpaired) electrons. The van der Waals surface area contributed by atoms with Gasteiger partial charge < -0.3 is 42.7 Å². The number of carboxylic acid groups (broad SMARTS) is 3. The maximum atomic E-state index is 12.9. The predicted molar refractivity (Wildman–Crippen MR) is 118 cm³/mol. The van der Waals surface area contributed by atoms with Crippen molar-refractivity contribution in [1.82, 2.24) is 16.0 Å². The van der Waals surface area contributed by atoms with Gasteiger partial charge in [0.2, 0.25) is 17.7 Å². The Balaban J connectivity index is 5.43. The minimum Gasteiger partial charge on any atom is -0.481 e. The maximum absolute atomic E-state index is 12.9. The van der Waals surface area contributed by atoms with Crippen LogP contribution in [0.15, 0.2) is 0 Å². The molecule has 0 aromatic rings. The number of nitrogens with two attached hydrogens (primary N) is 2. The number of amides is 3. The molecule has 4 unspecified atom stereocenters. The molecule has 0 rings (SSSR count). The van der Waals surface area contributed by atoms with Gasteiger partial charge in [-0.05, 0) is 38.1 Å². The summed E-state index contributed by atoms with van der Waals surface area (Å²) in [6.07, 6.45) is -0.325. The molecule has 0 aromatic carbocycles. The predicted octanol–water partition coefficient (Wildman–Crippen LogP) is -2.02. The fourth-order valence-electron chi connectivity index (χ4n) is 2.88. The van der Waals surface area contributed by atoms with E-state index in [1.54, 1.807) is 13.8 Å². The highest BCUT2D eigenvalue weighted by Crippen LogP contribution is 2.08. The second-order valence-corrected chi connectivity index (χ2v) is 8.11. The first-order chi connectivity index (χ1) is 15.8. The third-order valence-electron chi connectivity index (χ3n) is 4.83. The first-order valence-corrected chi connectivity index (χ1v) is 10.8. The summed E-state index contributed by atoms with van der Waals surface area (Å²) in [7, 11) is 0. The van der Waals surface area contributed by atoms with E-state index in [4.69, 9.17) is 26.8 Å². The molecular formula is C20H35N5O9. The Morgan fingerprint density at radius 2 is 1.35 bits per heavy atom. The summed E-state index contributed by atoms with van der Waals surface area (Å²) in [4.78, 5) is 70.7. The molecule has 0 fully saturated rings. The van der Waals surface area contributed by atoms with Crippen LogP contribution in [0.1, 0.15) is 52.4 Å². The number of unbranched alkanes of at least 4 members (excludes halogenated alkanes) is 1. The maximum Gasteiger partial charge on any atom is 0.326 e. The van der Waals surface area contributed by atoms with Gasteiger partial charge in [-0.1, -0.05) is 13.8 Å². The Morgan fingerprint density at radius 1 is 0.765 bits per heavy atom. The number of hydrogen-bond donors (Lipinski definition) is 8. The SMILES string of the molecule is CC(C)C(NC(=O)C(N)CCC(=O)O)C(=O)NC(CCCCN)C(=O)NC(CC(=O)O)C(=O)O. The quantitative estimate of drug-likeness (QED) is 0.103. The van der Waals surface area contributed by atoms with Crippen molar-refractivity contribution in [2.24, 2.45) is 17.4 Å². The summed E-state index contributed by atoms with van der Waals surface area (Å²) in [6, 6.07) is -5.20. The van der Waals surface area contributed by atoms with Crippen LogP contribution in [-0.2, 0) is 28.8 Å². The Kier molecular flexibility index (Phi) is 14.1. The van der Waals surface area contributed by atoms with Crippen LogP contribution in [0, 0.1) is 5.92 Å². The van der Waals surface area contributed by atoms with E-state index in [-0.39, 0.29) is 19.3 Å². The van der Waals surface area contributed by atoms with Gasteiger partial charge >= 0.3 is 17.9 Å². The zero-order valence-corrected chi connectivity index (χ0v) is 19.3. The number of nitrogens with one attached hydrogen (secondary N) is 3. The lowest BCUT2D eigenvalue weighted by Gasteiger charge is -2.27. The Labute approximate surface area is 196 Å². The van der Waals surface area contributed by atoms with Crippen LogP contribution in [0.4, 0.5) is 0 Å². The summed E-state index contributed by atoms with van der Waals surface area (Å²) in [5, 5.41) is 33.8. The van der Waals surface area contributed by atoms with E-state index in [9.17, 15) is 28.8 Å². The lowest BCUT2D eigenvalue weighted by molar-refractivity contribution is -0.147. The van der Waals surface area contributed by atoms with Gasteiger partial charge in [-0.15, -0.1) is 0 Å². The number of aliphatic carboxylic acids is 3. The van der Waals surface area contributed by atoms with Crippen LogP contribution in [0.3, 0.4) is 0 Å². The fourth-order valence-corrected chi connectivity index (χ4v) is 2.88. The van der Waals surface area contributed by atoms with Crippen LogP contribution < -0.4 is 27.4 Å². The molecule has 0 aromatic heterocycles. The van der Waals surface area contributed by atoms with E-state index in [1.807, 2.05) is 0 Å². The number of hydrogen-bond acceptors (Lipinski definition) is 8. The van der Waals surface area contributed by atoms with Gasteiger partial charge in [-0.2, -0.15) is 0 Å². The normalized spacial score (nSPS) is 14.4. The van der Waals surface area contributed by atoms with Gasteiger partial charge in [-0.25, -0.2) is 4.79 Å². The second kappa shape index (κ2) is 15.6. The molecule has 0 aliphatic rings. The first kappa shape index (κ1) is 30.7. The highest BCUT2D eigenvalue weighted by atomic mass is 16.4. The van der Waals surface area contributed by atoms with Crippen LogP contribution in [0.25, 0.3) is 0 Å². The molecule has 0 heterocycles. The van der Waals surface area contributed by atoms with Crippen molar-refractivity contribution < 1.29 is 44.1 Å². The molecule has 34 heavy (non-hydrogen) atoms. The molecule has 14 nitrogen and oxygen atoms in total. The van der Waals surface area contributed by atoms with Crippen LogP contribution in [-0.4, -0.2) is 81.7 Å². The largest absolute Gasteiger partial charge is 0.481 e. The highest BCUT2D eigenvalue weighted by molar-refractivity contribution is 5.94. The van der Waals surface area contributed by atoms with E-state index in [2.05, 4.69) is 16.0 Å². The zero-order valence-electron chi connectivity index (χ0n) is 19.3. The molecular weight excluding hydrogens is 454 g/mol. The smallest absolute Gasteiger partial charge is 0.326 e. The van der Waals surface area contributed by atoms with Crippen molar-refractivity contribution in [2.45, 2.75) is 76.5 Å². The molecule has 4 atom stereocenters. The zero-order chi connectivity index (χ0) is 26.4. The molecule has 0 saturated carbocycles. The molecule has 0 saturated heterocycles. The second-order valence-electron chi connectivity index (χ2n) is 8.11. The molecule has 0 aliphatic carbocycles. The van der Waals surface area contributed by atoms with E-state index in [0.717, 1.165) is 0 Å². The molecule has 194 valence electrons. The number of carbonyl (C=O) groups is 6. The lowest BCUT2D eigenvalue weighted by Crippen LogP contribution is -2.58.